The zero-order chi connectivity index (χ0) is 13.1. The van der Waals surface area contributed by atoms with Gasteiger partial charge in [-0.1, -0.05) is 0 Å². The van der Waals surface area contributed by atoms with E-state index in [1.165, 1.54) is 18.2 Å². The van der Waals surface area contributed by atoms with Gasteiger partial charge in [0.2, 0.25) is 0 Å². The van der Waals surface area contributed by atoms with Crippen LogP contribution in [0.2, 0.25) is 0 Å². The number of nitrogens with zero attached hydrogens (tertiary/aromatic N) is 2. The van der Waals surface area contributed by atoms with E-state index in [2.05, 4.69) is 0 Å². The Morgan fingerprint density at radius 3 is 2.50 bits per heavy atom. The van der Waals surface area contributed by atoms with Crippen molar-refractivity contribution in [3.8, 4) is 0 Å². The fraction of sp³-hybridized carbons (Fsp3) is 0.417. The average molecular weight is 250 g/mol. The van der Waals surface area contributed by atoms with E-state index in [-0.39, 0.29) is 11.3 Å². The Morgan fingerprint density at radius 1 is 1.28 bits per heavy atom. The summed E-state index contributed by atoms with van der Waals surface area (Å²) in [5.41, 5.74) is 0.475. The normalized spacial score (nSPS) is 15.4. The van der Waals surface area contributed by atoms with Crippen LogP contribution < -0.4 is 4.90 Å². The fourth-order valence-electron chi connectivity index (χ4n) is 2.20. The van der Waals surface area contributed by atoms with Crippen molar-refractivity contribution >= 4 is 17.3 Å². The molecular weight excluding hydrogens is 236 g/mol. The first-order valence-electron chi connectivity index (χ1n) is 5.86. The molecule has 0 unspecified atom stereocenters. The summed E-state index contributed by atoms with van der Waals surface area (Å²) in [6, 6.07) is 3.94. The molecule has 0 spiro atoms. The molecule has 1 N–H and O–H groups in total. The summed E-state index contributed by atoms with van der Waals surface area (Å²) >= 11 is 0. The van der Waals surface area contributed by atoms with Crippen LogP contribution in [0.3, 0.4) is 0 Å². The molecule has 0 radical (unpaired) electrons. The molecule has 0 bridgehead atoms. The van der Waals surface area contributed by atoms with E-state index in [1.54, 1.807) is 0 Å². The molecule has 2 rings (SSSR count). The Kier molecular flexibility index (Phi) is 3.45. The van der Waals surface area contributed by atoms with Crippen molar-refractivity contribution in [1.82, 2.24) is 0 Å². The second kappa shape index (κ2) is 5.03. The highest BCUT2D eigenvalue weighted by Crippen LogP contribution is 2.31. The summed E-state index contributed by atoms with van der Waals surface area (Å²) in [6.07, 6.45) is 3.08. The van der Waals surface area contributed by atoms with Gasteiger partial charge in [-0.05, 0) is 31.4 Å². The van der Waals surface area contributed by atoms with E-state index in [4.69, 9.17) is 5.11 Å². The molecule has 1 aliphatic heterocycles. The summed E-state index contributed by atoms with van der Waals surface area (Å²) in [5, 5.41) is 19.9. The Balaban J connectivity index is 2.42. The van der Waals surface area contributed by atoms with Crippen LogP contribution in [0.5, 0.6) is 0 Å². The molecule has 1 fully saturated rings. The van der Waals surface area contributed by atoms with Gasteiger partial charge in [0.05, 0.1) is 10.5 Å². The molecular formula is C12H14N2O4. The highest BCUT2D eigenvalue weighted by atomic mass is 16.6. The molecule has 0 aromatic heterocycles. The number of carboxylic acid groups (broad SMARTS) is 1. The number of aromatic carboxylic acids is 1. The Morgan fingerprint density at radius 2 is 1.94 bits per heavy atom. The zero-order valence-electron chi connectivity index (χ0n) is 9.83. The number of nitro groups is 1. The van der Waals surface area contributed by atoms with Gasteiger partial charge in [0.15, 0.2) is 0 Å². The van der Waals surface area contributed by atoms with Crippen LogP contribution in [0.15, 0.2) is 18.2 Å². The Hall–Kier alpha value is -2.11. The first kappa shape index (κ1) is 12.3. The van der Waals surface area contributed by atoms with Crippen molar-refractivity contribution in [3.05, 3.63) is 33.9 Å². The molecule has 1 aliphatic rings. The quantitative estimate of drug-likeness (QED) is 0.657. The predicted molar refractivity (Wildman–Crippen MR) is 66.1 cm³/mol. The van der Waals surface area contributed by atoms with Crippen LogP contribution in [-0.2, 0) is 0 Å². The molecule has 96 valence electrons. The largest absolute Gasteiger partial charge is 0.478 e. The lowest BCUT2D eigenvalue weighted by Gasteiger charge is -2.28. The summed E-state index contributed by atoms with van der Waals surface area (Å²) in [4.78, 5) is 23.3. The number of benzene rings is 1. The van der Waals surface area contributed by atoms with Gasteiger partial charge in [0, 0.05) is 19.2 Å². The monoisotopic (exact) mass is 250 g/mol. The van der Waals surface area contributed by atoms with E-state index >= 15 is 0 Å². The van der Waals surface area contributed by atoms with Crippen molar-refractivity contribution < 1.29 is 14.8 Å². The molecule has 1 aromatic carbocycles. The van der Waals surface area contributed by atoms with Crippen LogP contribution in [-0.4, -0.2) is 29.1 Å². The summed E-state index contributed by atoms with van der Waals surface area (Å²) in [5.74, 6) is -1.07. The van der Waals surface area contributed by atoms with Gasteiger partial charge >= 0.3 is 5.97 Å². The van der Waals surface area contributed by atoms with E-state index < -0.39 is 10.9 Å². The van der Waals surface area contributed by atoms with Crippen molar-refractivity contribution in [2.45, 2.75) is 19.3 Å². The Bertz CT molecular complexity index is 481. The van der Waals surface area contributed by atoms with Gasteiger partial charge in [-0.25, -0.2) is 4.79 Å². The average Bonchev–Trinajstić information content (AvgIpc) is 2.39. The van der Waals surface area contributed by atoms with Gasteiger partial charge in [-0.2, -0.15) is 0 Å². The maximum absolute atomic E-state index is 11.0. The molecule has 18 heavy (non-hydrogen) atoms. The molecule has 6 nitrogen and oxygen atoms in total. The second-order valence-electron chi connectivity index (χ2n) is 4.31. The number of piperidine rings is 1. The first-order valence-corrected chi connectivity index (χ1v) is 5.86. The van der Waals surface area contributed by atoms with E-state index in [1.807, 2.05) is 4.90 Å². The number of rotatable bonds is 3. The summed E-state index contributed by atoms with van der Waals surface area (Å²) in [6.45, 7) is 1.48. The van der Waals surface area contributed by atoms with E-state index in [0.29, 0.717) is 5.69 Å². The molecule has 1 aromatic rings. The topological polar surface area (TPSA) is 83.7 Å². The maximum atomic E-state index is 11.0. The molecule has 1 heterocycles. The van der Waals surface area contributed by atoms with Crippen molar-refractivity contribution in [2.75, 3.05) is 18.0 Å². The highest BCUT2D eigenvalue weighted by Gasteiger charge is 2.22. The third kappa shape index (κ3) is 2.42. The maximum Gasteiger partial charge on any atom is 0.335 e. The van der Waals surface area contributed by atoms with Crippen LogP contribution in [0, 0.1) is 10.1 Å². The molecule has 0 saturated carbocycles. The van der Waals surface area contributed by atoms with E-state index in [9.17, 15) is 14.9 Å². The zero-order valence-corrected chi connectivity index (χ0v) is 9.83. The lowest BCUT2D eigenvalue weighted by molar-refractivity contribution is -0.384. The third-order valence-electron chi connectivity index (χ3n) is 3.12. The minimum atomic E-state index is -1.07. The number of hydrogen-bond acceptors (Lipinski definition) is 4. The van der Waals surface area contributed by atoms with Crippen LogP contribution in [0.4, 0.5) is 11.4 Å². The lowest BCUT2D eigenvalue weighted by Crippen LogP contribution is -2.30. The minimum absolute atomic E-state index is 0.0260. The Labute approximate surface area is 104 Å². The highest BCUT2D eigenvalue weighted by molar-refractivity contribution is 5.90. The van der Waals surface area contributed by atoms with Crippen LogP contribution in [0.25, 0.3) is 0 Å². The second-order valence-corrected chi connectivity index (χ2v) is 4.31. The van der Waals surface area contributed by atoms with Crippen LogP contribution >= 0.6 is 0 Å². The van der Waals surface area contributed by atoms with Crippen molar-refractivity contribution in [1.29, 1.82) is 0 Å². The third-order valence-corrected chi connectivity index (χ3v) is 3.12. The summed E-state index contributed by atoms with van der Waals surface area (Å²) in [7, 11) is 0. The SMILES string of the molecule is O=C(O)c1ccc([N+](=O)[O-])c(N2CCCCC2)c1. The van der Waals surface area contributed by atoms with E-state index in [0.717, 1.165) is 32.4 Å². The predicted octanol–water partition coefficient (Wildman–Crippen LogP) is 2.28. The van der Waals surface area contributed by atoms with Gasteiger partial charge < -0.3 is 10.0 Å². The molecule has 6 heteroatoms. The number of anilines is 1. The van der Waals surface area contributed by atoms with Crippen molar-refractivity contribution in [2.24, 2.45) is 0 Å². The molecule has 0 atom stereocenters. The standard InChI is InChI=1S/C12H14N2O4/c15-12(16)9-4-5-10(14(17)18)11(8-9)13-6-2-1-3-7-13/h4-5,8H,1-3,6-7H2,(H,15,16). The van der Waals surface area contributed by atoms with Crippen molar-refractivity contribution in [3.63, 3.8) is 0 Å². The fourth-order valence-corrected chi connectivity index (χ4v) is 2.20. The van der Waals surface area contributed by atoms with Crippen LogP contribution in [0.1, 0.15) is 29.6 Å². The number of carboxylic acids is 1. The smallest absolute Gasteiger partial charge is 0.335 e. The lowest BCUT2D eigenvalue weighted by atomic mass is 10.1. The molecule has 0 amide bonds. The minimum Gasteiger partial charge on any atom is -0.478 e. The van der Waals surface area contributed by atoms with Gasteiger partial charge in [0.1, 0.15) is 5.69 Å². The molecule has 1 saturated heterocycles. The molecule has 0 aliphatic carbocycles. The van der Waals surface area contributed by atoms with Gasteiger partial charge in [0.25, 0.3) is 5.69 Å². The van der Waals surface area contributed by atoms with Gasteiger partial charge in [-0.15, -0.1) is 0 Å². The number of nitro benzene ring substituents is 1. The van der Waals surface area contributed by atoms with Gasteiger partial charge in [-0.3, -0.25) is 10.1 Å². The number of carbonyl (C=O) groups is 1. The number of hydrogen-bond donors (Lipinski definition) is 1. The first-order chi connectivity index (χ1) is 8.59. The summed E-state index contributed by atoms with van der Waals surface area (Å²) < 4.78 is 0.